The summed E-state index contributed by atoms with van der Waals surface area (Å²) in [5.41, 5.74) is -0.797. The van der Waals surface area contributed by atoms with Gasteiger partial charge in [0.1, 0.15) is 17.9 Å². The second-order valence-corrected chi connectivity index (χ2v) is 6.71. The summed E-state index contributed by atoms with van der Waals surface area (Å²) in [6, 6.07) is 4.77. The molecule has 1 aromatic carbocycles. The maximum Gasteiger partial charge on any atom is 0.325 e. The number of hydrogen-bond donors (Lipinski definition) is 2. The number of carbonyl (C=O) groups excluding carboxylic acids is 3. The Labute approximate surface area is 158 Å². The van der Waals surface area contributed by atoms with Gasteiger partial charge < -0.3 is 15.4 Å². The molecule has 1 heterocycles. The highest BCUT2D eigenvalue weighted by atomic mass is 19.1. The highest BCUT2D eigenvalue weighted by molar-refractivity contribution is 6.09. The number of amides is 4. The third kappa shape index (κ3) is 4.82. The van der Waals surface area contributed by atoms with Gasteiger partial charge >= 0.3 is 6.03 Å². The molecule has 1 saturated heterocycles. The minimum atomic E-state index is -1.28. The number of hydrogen-bond acceptors (Lipinski definition) is 4. The number of carbonyl (C=O) groups is 3. The molecule has 1 atom stereocenters. The second-order valence-electron chi connectivity index (χ2n) is 6.71. The van der Waals surface area contributed by atoms with E-state index in [9.17, 15) is 18.8 Å². The van der Waals surface area contributed by atoms with Crippen LogP contribution in [0.3, 0.4) is 0 Å². The van der Waals surface area contributed by atoms with E-state index in [0.717, 1.165) is 4.90 Å². The fourth-order valence-electron chi connectivity index (χ4n) is 2.96. The third-order valence-electron chi connectivity index (χ3n) is 4.44. The van der Waals surface area contributed by atoms with Gasteiger partial charge in [-0.15, -0.1) is 0 Å². The molecule has 1 aliphatic rings. The van der Waals surface area contributed by atoms with Crippen LogP contribution in [0.4, 0.5) is 9.18 Å². The Morgan fingerprint density at radius 2 is 1.96 bits per heavy atom. The average Bonchev–Trinajstić information content (AvgIpc) is 2.87. The van der Waals surface area contributed by atoms with Gasteiger partial charge in [0.15, 0.2) is 0 Å². The lowest BCUT2D eigenvalue weighted by atomic mass is 9.87. The quantitative estimate of drug-likeness (QED) is 0.507. The van der Waals surface area contributed by atoms with Crippen molar-refractivity contribution in [2.75, 3.05) is 19.7 Å². The summed E-state index contributed by atoms with van der Waals surface area (Å²) in [5, 5.41) is 5.34. The van der Waals surface area contributed by atoms with Crippen LogP contribution < -0.4 is 10.6 Å². The predicted octanol–water partition coefficient (Wildman–Crippen LogP) is 1.91. The van der Waals surface area contributed by atoms with Gasteiger partial charge in [-0.2, -0.15) is 0 Å². The molecule has 0 saturated carbocycles. The average molecular weight is 379 g/mol. The number of benzene rings is 1. The number of nitrogens with one attached hydrogen (secondary N) is 2. The van der Waals surface area contributed by atoms with Crippen molar-refractivity contribution in [3.05, 3.63) is 35.6 Å². The third-order valence-corrected chi connectivity index (χ3v) is 4.44. The van der Waals surface area contributed by atoms with E-state index >= 15 is 0 Å². The monoisotopic (exact) mass is 379 g/mol. The van der Waals surface area contributed by atoms with E-state index in [1.165, 1.54) is 24.3 Å². The molecule has 4 amide bonds. The standard InChI is InChI=1S/C19H26FN3O4/c1-4-19(14-6-8-15(20)9-7-14)17(25)23(18(26)22-19)12-16(24)21-10-5-11-27-13(2)3/h6-9,13H,4-5,10-12H2,1-3H3,(H,21,24)(H,22,26)/t19-/m0/s1. The molecule has 8 heteroatoms. The van der Waals surface area contributed by atoms with Gasteiger partial charge in [0.2, 0.25) is 5.91 Å². The van der Waals surface area contributed by atoms with Crippen molar-refractivity contribution in [1.29, 1.82) is 0 Å². The van der Waals surface area contributed by atoms with Crippen molar-refractivity contribution in [2.24, 2.45) is 0 Å². The van der Waals surface area contributed by atoms with Crippen LogP contribution in [0, 0.1) is 5.82 Å². The Morgan fingerprint density at radius 1 is 1.30 bits per heavy atom. The number of halogens is 1. The van der Waals surface area contributed by atoms with Crippen molar-refractivity contribution in [3.8, 4) is 0 Å². The Morgan fingerprint density at radius 3 is 2.56 bits per heavy atom. The van der Waals surface area contributed by atoms with Crippen molar-refractivity contribution in [2.45, 2.75) is 45.3 Å². The molecule has 0 bridgehead atoms. The first kappa shape index (κ1) is 20.8. The molecule has 0 spiro atoms. The van der Waals surface area contributed by atoms with Crippen molar-refractivity contribution < 1.29 is 23.5 Å². The van der Waals surface area contributed by atoms with Gasteiger partial charge in [-0.05, 0) is 44.4 Å². The van der Waals surface area contributed by atoms with Gasteiger partial charge in [0, 0.05) is 13.2 Å². The molecule has 7 nitrogen and oxygen atoms in total. The highest BCUT2D eigenvalue weighted by Crippen LogP contribution is 2.32. The Kier molecular flexibility index (Phi) is 6.90. The summed E-state index contributed by atoms with van der Waals surface area (Å²) in [7, 11) is 0. The first-order chi connectivity index (χ1) is 12.8. The molecule has 27 heavy (non-hydrogen) atoms. The summed E-state index contributed by atoms with van der Waals surface area (Å²) in [5.74, 6) is -1.37. The molecule has 0 aliphatic carbocycles. The maximum atomic E-state index is 13.2. The van der Waals surface area contributed by atoms with E-state index in [0.29, 0.717) is 25.1 Å². The lowest BCUT2D eigenvalue weighted by Gasteiger charge is -2.25. The molecule has 0 radical (unpaired) electrons. The molecule has 1 fully saturated rings. The number of imide groups is 1. The van der Waals surface area contributed by atoms with E-state index in [1.807, 2.05) is 13.8 Å². The van der Waals surface area contributed by atoms with Crippen LogP contribution in [0.25, 0.3) is 0 Å². The van der Waals surface area contributed by atoms with Crippen LogP contribution in [0.1, 0.15) is 39.2 Å². The minimum Gasteiger partial charge on any atom is -0.379 e. The molecular weight excluding hydrogens is 353 g/mol. The summed E-state index contributed by atoms with van der Waals surface area (Å²) >= 11 is 0. The summed E-state index contributed by atoms with van der Waals surface area (Å²) < 4.78 is 18.6. The first-order valence-electron chi connectivity index (χ1n) is 9.08. The number of ether oxygens (including phenoxy) is 1. The van der Waals surface area contributed by atoms with Gasteiger partial charge in [0.25, 0.3) is 5.91 Å². The number of rotatable bonds is 9. The van der Waals surface area contributed by atoms with Crippen LogP contribution in [0.5, 0.6) is 0 Å². The van der Waals surface area contributed by atoms with Crippen molar-refractivity contribution in [3.63, 3.8) is 0 Å². The van der Waals surface area contributed by atoms with E-state index in [1.54, 1.807) is 6.92 Å². The first-order valence-corrected chi connectivity index (χ1v) is 9.08. The Balaban J connectivity index is 1.98. The van der Waals surface area contributed by atoms with Gasteiger partial charge in [-0.3, -0.25) is 14.5 Å². The van der Waals surface area contributed by atoms with Gasteiger partial charge in [0.05, 0.1) is 6.10 Å². The van der Waals surface area contributed by atoms with E-state index in [-0.39, 0.29) is 19.1 Å². The van der Waals surface area contributed by atoms with Crippen molar-refractivity contribution >= 4 is 17.8 Å². The minimum absolute atomic E-state index is 0.125. The predicted molar refractivity (Wildman–Crippen MR) is 97.3 cm³/mol. The Hall–Kier alpha value is -2.48. The summed E-state index contributed by atoms with van der Waals surface area (Å²) in [6.07, 6.45) is 1.05. The lowest BCUT2D eigenvalue weighted by Crippen LogP contribution is -2.45. The molecule has 148 valence electrons. The highest BCUT2D eigenvalue weighted by Gasteiger charge is 2.51. The molecule has 0 unspecified atom stereocenters. The van der Waals surface area contributed by atoms with E-state index < -0.39 is 29.2 Å². The zero-order valence-corrected chi connectivity index (χ0v) is 15.9. The maximum absolute atomic E-state index is 13.2. The van der Waals surface area contributed by atoms with Crippen LogP contribution in [0.2, 0.25) is 0 Å². The fraction of sp³-hybridized carbons (Fsp3) is 0.526. The number of urea groups is 1. The fourth-order valence-corrected chi connectivity index (χ4v) is 2.96. The van der Waals surface area contributed by atoms with Gasteiger partial charge in [-0.25, -0.2) is 9.18 Å². The zero-order valence-electron chi connectivity index (χ0n) is 15.9. The van der Waals surface area contributed by atoms with E-state index in [4.69, 9.17) is 4.74 Å². The van der Waals surface area contributed by atoms with E-state index in [2.05, 4.69) is 10.6 Å². The Bertz CT molecular complexity index is 693. The topological polar surface area (TPSA) is 87.7 Å². The number of nitrogens with zero attached hydrogens (tertiary/aromatic N) is 1. The molecule has 2 N–H and O–H groups in total. The molecule has 1 aliphatic heterocycles. The van der Waals surface area contributed by atoms with Gasteiger partial charge in [-0.1, -0.05) is 19.1 Å². The normalized spacial score (nSPS) is 19.5. The van der Waals surface area contributed by atoms with Crippen LogP contribution >= 0.6 is 0 Å². The zero-order chi connectivity index (χ0) is 20.0. The largest absolute Gasteiger partial charge is 0.379 e. The SMILES string of the molecule is CC[C@@]1(c2ccc(F)cc2)NC(=O)N(CC(=O)NCCCOC(C)C)C1=O. The second kappa shape index (κ2) is 8.94. The lowest BCUT2D eigenvalue weighted by molar-refractivity contribution is -0.135. The molecule has 2 rings (SSSR count). The van der Waals surface area contributed by atoms with Crippen LogP contribution in [-0.4, -0.2) is 48.5 Å². The smallest absolute Gasteiger partial charge is 0.325 e. The summed E-state index contributed by atoms with van der Waals surface area (Å²) in [4.78, 5) is 38.2. The van der Waals surface area contributed by atoms with Crippen LogP contribution in [-0.2, 0) is 19.9 Å². The molecule has 0 aromatic heterocycles. The summed E-state index contributed by atoms with van der Waals surface area (Å²) in [6.45, 7) is 6.16. The van der Waals surface area contributed by atoms with Crippen LogP contribution in [0.15, 0.2) is 24.3 Å². The molecule has 1 aromatic rings. The van der Waals surface area contributed by atoms with Crippen molar-refractivity contribution in [1.82, 2.24) is 15.5 Å². The molecular formula is C19H26FN3O4.